The Morgan fingerprint density at radius 2 is 1.68 bits per heavy atom. The van der Waals surface area contributed by atoms with E-state index in [0.717, 1.165) is 11.6 Å². The lowest BCUT2D eigenvalue weighted by Crippen LogP contribution is -2.17. The van der Waals surface area contributed by atoms with Crippen molar-refractivity contribution in [1.82, 2.24) is 0 Å². The lowest BCUT2D eigenvalue weighted by atomic mass is 10.1. The summed E-state index contributed by atoms with van der Waals surface area (Å²) in [5.74, 6) is -1.24. The second-order valence-corrected chi connectivity index (χ2v) is 5.82. The maximum absolute atomic E-state index is 12.0. The predicted octanol–water partition coefficient (Wildman–Crippen LogP) is 2.62. The Labute approximate surface area is 147 Å². The molecule has 0 aliphatic rings. The smallest absolute Gasteiger partial charge is 0.354 e. The number of methoxy groups -OCH3 is 2. The lowest BCUT2D eigenvalue weighted by molar-refractivity contribution is -0.138. The zero-order chi connectivity index (χ0) is 19.0. The first-order chi connectivity index (χ1) is 11.8. The standard InChI is InChI=1S/C18H24N2O5/c1-11(2)9-16(21)20-14-8-6-7-13(12(14)3)19-15(18(23)25-5)10-17(22)24-4/h6-8,10-11,19H,9H2,1-5H3,(H,20,21)/b15-10+. The fraction of sp³-hybridized carbons (Fsp3) is 0.389. The Kier molecular flexibility index (Phi) is 7.65. The SMILES string of the molecule is COC(=O)/C=C(/Nc1cccc(NC(=O)CC(C)C)c1C)C(=O)OC. The van der Waals surface area contributed by atoms with E-state index < -0.39 is 11.9 Å². The number of hydrogen-bond donors (Lipinski definition) is 2. The summed E-state index contributed by atoms with van der Waals surface area (Å²) >= 11 is 0. The minimum absolute atomic E-state index is 0.0666. The average Bonchev–Trinajstić information content (AvgIpc) is 2.55. The first-order valence-electron chi connectivity index (χ1n) is 7.82. The van der Waals surface area contributed by atoms with Gasteiger partial charge in [-0.1, -0.05) is 19.9 Å². The molecule has 1 amide bonds. The summed E-state index contributed by atoms with van der Waals surface area (Å²) in [7, 11) is 2.43. The molecule has 0 bridgehead atoms. The summed E-state index contributed by atoms with van der Waals surface area (Å²) in [5, 5.41) is 5.70. The molecule has 7 heteroatoms. The molecule has 0 atom stereocenters. The monoisotopic (exact) mass is 348 g/mol. The van der Waals surface area contributed by atoms with E-state index in [2.05, 4.69) is 20.1 Å². The molecule has 7 nitrogen and oxygen atoms in total. The van der Waals surface area contributed by atoms with Crippen LogP contribution in [0.25, 0.3) is 0 Å². The van der Waals surface area contributed by atoms with E-state index >= 15 is 0 Å². The highest BCUT2D eigenvalue weighted by Gasteiger charge is 2.15. The lowest BCUT2D eigenvalue weighted by Gasteiger charge is -2.15. The van der Waals surface area contributed by atoms with Crippen LogP contribution in [0.5, 0.6) is 0 Å². The van der Waals surface area contributed by atoms with Crippen LogP contribution in [-0.4, -0.2) is 32.1 Å². The Morgan fingerprint density at radius 3 is 2.20 bits per heavy atom. The van der Waals surface area contributed by atoms with E-state index in [1.165, 1.54) is 14.2 Å². The van der Waals surface area contributed by atoms with Crippen molar-refractivity contribution in [3.63, 3.8) is 0 Å². The first-order valence-corrected chi connectivity index (χ1v) is 7.82. The van der Waals surface area contributed by atoms with E-state index in [4.69, 9.17) is 0 Å². The number of anilines is 2. The van der Waals surface area contributed by atoms with Crippen LogP contribution in [0.3, 0.4) is 0 Å². The molecule has 136 valence electrons. The summed E-state index contributed by atoms with van der Waals surface area (Å²) in [6, 6.07) is 5.22. The van der Waals surface area contributed by atoms with Crippen LogP contribution in [0.1, 0.15) is 25.8 Å². The maximum atomic E-state index is 12.0. The number of rotatable bonds is 7. The molecule has 0 radical (unpaired) electrons. The van der Waals surface area contributed by atoms with Gasteiger partial charge in [0.15, 0.2) is 0 Å². The zero-order valence-electron chi connectivity index (χ0n) is 15.1. The molecule has 0 saturated carbocycles. The minimum atomic E-state index is -0.709. The number of hydrogen-bond acceptors (Lipinski definition) is 6. The predicted molar refractivity (Wildman–Crippen MR) is 95.0 cm³/mol. The Bertz CT molecular complexity index is 680. The highest BCUT2D eigenvalue weighted by Crippen LogP contribution is 2.25. The van der Waals surface area contributed by atoms with Gasteiger partial charge in [0.2, 0.25) is 5.91 Å². The van der Waals surface area contributed by atoms with Gasteiger partial charge in [0.25, 0.3) is 0 Å². The average molecular weight is 348 g/mol. The number of carbonyl (C=O) groups excluding carboxylic acids is 3. The summed E-state index contributed by atoms with van der Waals surface area (Å²) in [4.78, 5) is 35.2. The van der Waals surface area contributed by atoms with Crippen LogP contribution >= 0.6 is 0 Å². The van der Waals surface area contributed by atoms with E-state index in [1.54, 1.807) is 25.1 Å². The van der Waals surface area contributed by atoms with Crippen molar-refractivity contribution in [2.45, 2.75) is 27.2 Å². The molecule has 1 aromatic carbocycles. The number of amides is 1. The molecule has 1 rings (SSSR count). The topological polar surface area (TPSA) is 93.7 Å². The van der Waals surface area contributed by atoms with Crippen LogP contribution < -0.4 is 10.6 Å². The number of benzene rings is 1. The van der Waals surface area contributed by atoms with Crippen molar-refractivity contribution in [1.29, 1.82) is 0 Å². The second kappa shape index (κ2) is 9.46. The van der Waals surface area contributed by atoms with Gasteiger partial charge in [-0.25, -0.2) is 9.59 Å². The van der Waals surface area contributed by atoms with Crippen LogP contribution in [0.4, 0.5) is 11.4 Å². The molecule has 0 aliphatic heterocycles. The molecule has 0 heterocycles. The number of ether oxygens (including phenoxy) is 2. The highest BCUT2D eigenvalue weighted by molar-refractivity contribution is 5.99. The molecule has 0 spiro atoms. The summed E-state index contributed by atoms with van der Waals surface area (Å²) < 4.78 is 9.20. The van der Waals surface area contributed by atoms with Crippen molar-refractivity contribution in [2.24, 2.45) is 5.92 Å². The molecule has 1 aromatic rings. The van der Waals surface area contributed by atoms with Crippen LogP contribution in [0.2, 0.25) is 0 Å². The molecular formula is C18H24N2O5. The van der Waals surface area contributed by atoms with E-state index in [0.29, 0.717) is 17.8 Å². The Balaban J connectivity index is 3.06. The molecular weight excluding hydrogens is 324 g/mol. The van der Waals surface area contributed by atoms with Gasteiger partial charge in [-0.05, 0) is 30.5 Å². The molecule has 0 saturated heterocycles. The molecule has 2 N–H and O–H groups in total. The van der Waals surface area contributed by atoms with Gasteiger partial charge >= 0.3 is 11.9 Å². The normalized spacial score (nSPS) is 11.0. The van der Waals surface area contributed by atoms with Gasteiger partial charge < -0.3 is 20.1 Å². The van der Waals surface area contributed by atoms with E-state index in [-0.39, 0.29) is 17.5 Å². The van der Waals surface area contributed by atoms with Gasteiger partial charge in [0.1, 0.15) is 5.70 Å². The summed E-state index contributed by atoms with van der Waals surface area (Å²) in [5.41, 5.74) is 1.84. The number of nitrogens with one attached hydrogen (secondary N) is 2. The second-order valence-electron chi connectivity index (χ2n) is 5.82. The van der Waals surface area contributed by atoms with Gasteiger partial charge in [-0.15, -0.1) is 0 Å². The third-order valence-electron chi connectivity index (χ3n) is 3.34. The van der Waals surface area contributed by atoms with Gasteiger partial charge in [-0.2, -0.15) is 0 Å². The van der Waals surface area contributed by atoms with Crippen molar-refractivity contribution in [3.05, 3.63) is 35.5 Å². The first kappa shape index (κ1) is 20.2. The van der Waals surface area contributed by atoms with E-state index in [9.17, 15) is 14.4 Å². The quantitative estimate of drug-likeness (QED) is 0.581. The van der Waals surface area contributed by atoms with Crippen molar-refractivity contribution in [3.8, 4) is 0 Å². The maximum Gasteiger partial charge on any atom is 0.354 e. The molecule has 25 heavy (non-hydrogen) atoms. The van der Waals surface area contributed by atoms with Crippen molar-refractivity contribution >= 4 is 29.2 Å². The van der Waals surface area contributed by atoms with Crippen molar-refractivity contribution in [2.75, 3.05) is 24.9 Å². The van der Waals surface area contributed by atoms with Crippen molar-refractivity contribution < 1.29 is 23.9 Å². The molecule has 0 unspecified atom stereocenters. The fourth-order valence-electron chi connectivity index (χ4n) is 2.06. The zero-order valence-corrected chi connectivity index (χ0v) is 15.1. The highest BCUT2D eigenvalue weighted by atomic mass is 16.5. The molecule has 0 aliphatic carbocycles. The summed E-state index contributed by atoms with van der Waals surface area (Å²) in [6.45, 7) is 5.72. The fourth-order valence-corrected chi connectivity index (χ4v) is 2.06. The number of carbonyl (C=O) groups is 3. The number of esters is 2. The molecule has 0 fully saturated rings. The Morgan fingerprint density at radius 1 is 1.08 bits per heavy atom. The van der Waals surface area contributed by atoms with Gasteiger partial charge in [0, 0.05) is 17.8 Å². The van der Waals surface area contributed by atoms with Crippen LogP contribution in [0.15, 0.2) is 30.0 Å². The van der Waals surface area contributed by atoms with Crippen LogP contribution in [0, 0.1) is 12.8 Å². The Hall–Kier alpha value is -2.83. The van der Waals surface area contributed by atoms with Gasteiger partial charge in [-0.3, -0.25) is 4.79 Å². The molecule has 0 aromatic heterocycles. The van der Waals surface area contributed by atoms with Crippen LogP contribution in [-0.2, 0) is 23.9 Å². The van der Waals surface area contributed by atoms with E-state index in [1.807, 2.05) is 13.8 Å². The largest absolute Gasteiger partial charge is 0.466 e. The third kappa shape index (κ3) is 6.29. The third-order valence-corrected chi connectivity index (χ3v) is 3.34. The minimum Gasteiger partial charge on any atom is -0.466 e. The van der Waals surface area contributed by atoms with Gasteiger partial charge in [0.05, 0.1) is 20.3 Å². The summed E-state index contributed by atoms with van der Waals surface area (Å²) in [6.07, 6.45) is 1.42.